The molecule has 0 aliphatic rings. The lowest BCUT2D eigenvalue weighted by Gasteiger charge is -2.08. The van der Waals surface area contributed by atoms with Gasteiger partial charge in [0.25, 0.3) is 5.91 Å². The van der Waals surface area contributed by atoms with E-state index in [1.54, 1.807) is 30.3 Å². The molecule has 0 unspecified atom stereocenters. The SMILES string of the molecule is CCCNc1ccc(C(=O)Nc2c(Cl)cccc2Cl)nn1. The van der Waals surface area contributed by atoms with Crippen molar-refractivity contribution >= 4 is 40.6 Å². The Bertz CT molecular complexity index is 611. The van der Waals surface area contributed by atoms with Crippen LogP contribution >= 0.6 is 23.2 Å². The van der Waals surface area contributed by atoms with Crippen molar-refractivity contribution in [3.8, 4) is 0 Å². The van der Waals surface area contributed by atoms with E-state index in [-0.39, 0.29) is 5.69 Å². The van der Waals surface area contributed by atoms with Gasteiger partial charge in [0.1, 0.15) is 5.82 Å². The number of amides is 1. The molecule has 0 radical (unpaired) electrons. The number of carbonyl (C=O) groups is 1. The first-order valence-corrected chi connectivity index (χ1v) is 7.20. The fraction of sp³-hybridized carbons (Fsp3) is 0.214. The predicted octanol–water partition coefficient (Wildman–Crippen LogP) is 3.86. The topological polar surface area (TPSA) is 66.9 Å². The minimum atomic E-state index is -0.417. The van der Waals surface area contributed by atoms with Crippen LogP contribution in [0.2, 0.25) is 10.0 Å². The third kappa shape index (κ3) is 4.06. The fourth-order valence-corrected chi connectivity index (χ4v) is 2.09. The standard InChI is InChI=1S/C14H14Cl2N4O/c1-2-8-17-12-7-6-11(19-20-12)14(21)18-13-9(15)4-3-5-10(13)16/h3-7H,2,8H2,1H3,(H,17,20)(H,18,21). The van der Waals surface area contributed by atoms with Crippen molar-refractivity contribution in [1.29, 1.82) is 0 Å². The first kappa shape index (κ1) is 15.5. The molecule has 110 valence electrons. The average molecular weight is 325 g/mol. The van der Waals surface area contributed by atoms with E-state index < -0.39 is 5.91 Å². The minimum absolute atomic E-state index is 0.188. The summed E-state index contributed by atoms with van der Waals surface area (Å²) < 4.78 is 0. The highest BCUT2D eigenvalue weighted by Crippen LogP contribution is 2.30. The molecule has 0 atom stereocenters. The zero-order chi connectivity index (χ0) is 15.2. The third-order valence-electron chi connectivity index (χ3n) is 2.65. The van der Waals surface area contributed by atoms with Gasteiger partial charge in [-0.1, -0.05) is 36.2 Å². The van der Waals surface area contributed by atoms with E-state index in [4.69, 9.17) is 23.2 Å². The Kier molecular flexibility index (Phi) is 5.36. The van der Waals surface area contributed by atoms with Crippen LogP contribution in [0.3, 0.4) is 0 Å². The van der Waals surface area contributed by atoms with Gasteiger partial charge < -0.3 is 10.6 Å². The quantitative estimate of drug-likeness (QED) is 0.876. The molecule has 1 heterocycles. The zero-order valence-electron chi connectivity index (χ0n) is 11.4. The predicted molar refractivity (Wildman–Crippen MR) is 85.2 cm³/mol. The fourth-order valence-electron chi connectivity index (χ4n) is 1.60. The van der Waals surface area contributed by atoms with Crippen molar-refractivity contribution in [1.82, 2.24) is 10.2 Å². The minimum Gasteiger partial charge on any atom is -0.369 e. The summed E-state index contributed by atoms with van der Waals surface area (Å²) in [6.45, 7) is 2.85. The molecule has 21 heavy (non-hydrogen) atoms. The number of halogens is 2. The molecular formula is C14H14Cl2N4O. The lowest BCUT2D eigenvalue weighted by molar-refractivity contribution is 0.102. The lowest BCUT2D eigenvalue weighted by atomic mass is 10.3. The van der Waals surface area contributed by atoms with Gasteiger partial charge in [0.15, 0.2) is 5.69 Å². The second kappa shape index (κ2) is 7.24. The summed E-state index contributed by atoms with van der Waals surface area (Å²) in [6, 6.07) is 8.28. The summed E-state index contributed by atoms with van der Waals surface area (Å²) in [6.07, 6.45) is 0.981. The second-order valence-corrected chi connectivity index (χ2v) is 5.10. The van der Waals surface area contributed by atoms with E-state index in [1.807, 2.05) is 0 Å². The van der Waals surface area contributed by atoms with Gasteiger partial charge in [0, 0.05) is 6.54 Å². The van der Waals surface area contributed by atoms with E-state index in [2.05, 4.69) is 27.8 Å². The number of nitrogens with one attached hydrogen (secondary N) is 2. The van der Waals surface area contributed by atoms with Crippen LogP contribution in [0.4, 0.5) is 11.5 Å². The summed E-state index contributed by atoms with van der Waals surface area (Å²) in [7, 11) is 0. The van der Waals surface area contributed by atoms with Crippen LogP contribution in [-0.2, 0) is 0 Å². The van der Waals surface area contributed by atoms with Gasteiger partial charge in [-0.3, -0.25) is 4.79 Å². The molecule has 0 saturated carbocycles. The molecular weight excluding hydrogens is 311 g/mol. The zero-order valence-corrected chi connectivity index (χ0v) is 12.9. The first-order valence-electron chi connectivity index (χ1n) is 6.44. The van der Waals surface area contributed by atoms with Gasteiger partial charge in [0.2, 0.25) is 0 Å². The van der Waals surface area contributed by atoms with Crippen LogP contribution in [0.15, 0.2) is 30.3 Å². The second-order valence-electron chi connectivity index (χ2n) is 4.28. The van der Waals surface area contributed by atoms with E-state index >= 15 is 0 Å². The number of para-hydroxylation sites is 1. The summed E-state index contributed by atoms with van der Waals surface area (Å²) in [5, 5.41) is 14.3. The van der Waals surface area contributed by atoms with Gasteiger partial charge in [-0.15, -0.1) is 10.2 Å². The van der Waals surface area contributed by atoms with Gasteiger partial charge in [-0.2, -0.15) is 0 Å². The number of rotatable bonds is 5. The lowest BCUT2D eigenvalue weighted by Crippen LogP contribution is -2.15. The number of benzene rings is 1. The Morgan fingerprint density at radius 3 is 2.43 bits per heavy atom. The Balaban J connectivity index is 2.10. The molecule has 2 rings (SSSR count). The van der Waals surface area contributed by atoms with Crippen molar-refractivity contribution in [2.45, 2.75) is 13.3 Å². The molecule has 1 aromatic heterocycles. The van der Waals surface area contributed by atoms with E-state index in [0.717, 1.165) is 13.0 Å². The highest BCUT2D eigenvalue weighted by molar-refractivity contribution is 6.39. The molecule has 0 aliphatic carbocycles. The van der Waals surface area contributed by atoms with Gasteiger partial charge in [-0.25, -0.2) is 0 Å². The van der Waals surface area contributed by atoms with Crippen LogP contribution in [0.25, 0.3) is 0 Å². The van der Waals surface area contributed by atoms with Crippen LogP contribution in [0, 0.1) is 0 Å². The highest BCUT2D eigenvalue weighted by atomic mass is 35.5. The maximum Gasteiger partial charge on any atom is 0.276 e. The van der Waals surface area contributed by atoms with Crippen molar-refractivity contribution < 1.29 is 4.79 Å². The Labute approximate surface area is 132 Å². The van der Waals surface area contributed by atoms with E-state index in [9.17, 15) is 4.79 Å². The van der Waals surface area contributed by atoms with Crippen LogP contribution in [0.5, 0.6) is 0 Å². The van der Waals surface area contributed by atoms with Crippen molar-refractivity contribution in [3.63, 3.8) is 0 Å². The Morgan fingerprint density at radius 1 is 1.14 bits per heavy atom. The number of nitrogens with zero attached hydrogens (tertiary/aromatic N) is 2. The summed E-state index contributed by atoms with van der Waals surface area (Å²) in [4.78, 5) is 12.1. The number of aromatic nitrogens is 2. The smallest absolute Gasteiger partial charge is 0.276 e. The first-order chi connectivity index (χ1) is 10.1. The van der Waals surface area contributed by atoms with Gasteiger partial charge >= 0.3 is 0 Å². The Morgan fingerprint density at radius 2 is 1.86 bits per heavy atom. The normalized spacial score (nSPS) is 10.2. The van der Waals surface area contributed by atoms with Crippen molar-refractivity contribution in [2.24, 2.45) is 0 Å². The molecule has 0 bridgehead atoms. The molecule has 0 fully saturated rings. The molecule has 2 N–H and O–H groups in total. The number of anilines is 2. The van der Waals surface area contributed by atoms with Crippen molar-refractivity contribution in [2.75, 3.05) is 17.2 Å². The average Bonchev–Trinajstić information content (AvgIpc) is 2.49. The molecule has 1 aromatic carbocycles. The third-order valence-corrected chi connectivity index (χ3v) is 3.28. The summed E-state index contributed by atoms with van der Waals surface area (Å²) >= 11 is 12.0. The molecule has 7 heteroatoms. The number of carbonyl (C=O) groups excluding carboxylic acids is 1. The van der Waals surface area contributed by atoms with Crippen LogP contribution < -0.4 is 10.6 Å². The molecule has 0 saturated heterocycles. The van der Waals surface area contributed by atoms with E-state index in [1.165, 1.54) is 0 Å². The maximum absolute atomic E-state index is 12.1. The molecule has 1 amide bonds. The largest absolute Gasteiger partial charge is 0.369 e. The van der Waals surface area contributed by atoms with Gasteiger partial charge in [-0.05, 0) is 30.7 Å². The monoisotopic (exact) mass is 324 g/mol. The number of hydrogen-bond donors (Lipinski definition) is 2. The van der Waals surface area contributed by atoms with Crippen LogP contribution in [-0.4, -0.2) is 22.6 Å². The van der Waals surface area contributed by atoms with Crippen LogP contribution in [0.1, 0.15) is 23.8 Å². The highest BCUT2D eigenvalue weighted by Gasteiger charge is 2.13. The molecule has 2 aromatic rings. The van der Waals surface area contributed by atoms with Crippen molar-refractivity contribution in [3.05, 3.63) is 46.1 Å². The van der Waals surface area contributed by atoms with Gasteiger partial charge in [0.05, 0.1) is 15.7 Å². The number of hydrogen-bond acceptors (Lipinski definition) is 4. The Hall–Kier alpha value is -1.85. The summed E-state index contributed by atoms with van der Waals surface area (Å²) in [5.41, 5.74) is 0.550. The molecule has 0 aliphatic heterocycles. The molecule has 0 spiro atoms. The molecule has 5 nitrogen and oxygen atoms in total. The van der Waals surface area contributed by atoms with E-state index in [0.29, 0.717) is 21.6 Å². The maximum atomic E-state index is 12.1. The summed E-state index contributed by atoms with van der Waals surface area (Å²) in [5.74, 6) is 0.212.